The van der Waals surface area contributed by atoms with Crippen LogP contribution >= 0.6 is 0 Å². The summed E-state index contributed by atoms with van der Waals surface area (Å²) in [7, 11) is 0. The van der Waals surface area contributed by atoms with Gasteiger partial charge in [0.2, 0.25) is 5.95 Å². The molecule has 0 fully saturated rings. The molecule has 2 rings (SSSR count). The number of anilines is 1. The predicted molar refractivity (Wildman–Crippen MR) is 59.8 cm³/mol. The molecule has 0 aliphatic carbocycles. The van der Waals surface area contributed by atoms with E-state index in [0.29, 0.717) is 0 Å². The Morgan fingerprint density at radius 2 is 2.11 bits per heavy atom. The van der Waals surface area contributed by atoms with Gasteiger partial charge in [0.25, 0.3) is 11.5 Å². The van der Waals surface area contributed by atoms with E-state index in [9.17, 15) is 18.8 Å². The third-order valence-corrected chi connectivity index (χ3v) is 2.02. The van der Waals surface area contributed by atoms with E-state index in [1.54, 1.807) is 0 Å². The van der Waals surface area contributed by atoms with E-state index in [1.807, 2.05) is 4.98 Å². The van der Waals surface area contributed by atoms with Gasteiger partial charge in [0.15, 0.2) is 0 Å². The summed E-state index contributed by atoms with van der Waals surface area (Å²) in [5.74, 6) is -1.60. The Morgan fingerprint density at radius 1 is 1.33 bits per heavy atom. The summed E-state index contributed by atoms with van der Waals surface area (Å²) in [6.07, 6.45) is 0.968. The van der Waals surface area contributed by atoms with Crippen LogP contribution in [0.15, 0.2) is 34.0 Å². The van der Waals surface area contributed by atoms with E-state index in [1.165, 1.54) is 12.1 Å². The van der Waals surface area contributed by atoms with Crippen molar-refractivity contribution in [1.29, 1.82) is 0 Å². The lowest BCUT2D eigenvalue weighted by Gasteiger charge is -2.02. The SMILES string of the molecule is O=C(Nc1cccc(F)n1)c1c[nH]c(=O)[nH]c1=O. The van der Waals surface area contributed by atoms with Crippen molar-refractivity contribution in [2.24, 2.45) is 0 Å². The summed E-state index contributed by atoms with van der Waals surface area (Å²) in [4.78, 5) is 41.2. The van der Waals surface area contributed by atoms with Crippen molar-refractivity contribution in [3.63, 3.8) is 0 Å². The Morgan fingerprint density at radius 3 is 2.78 bits per heavy atom. The molecular weight excluding hydrogens is 243 g/mol. The van der Waals surface area contributed by atoms with Crippen molar-refractivity contribution in [1.82, 2.24) is 15.0 Å². The van der Waals surface area contributed by atoms with Gasteiger partial charge in [-0.25, -0.2) is 9.78 Å². The molecule has 0 aliphatic heterocycles. The largest absolute Gasteiger partial charge is 0.325 e. The van der Waals surface area contributed by atoms with Gasteiger partial charge in [0, 0.05) is 6.20 Å². The third kappa shape index (κ3) is 2.48. The van der Waals surface area contributed by atoms with Crippen LogP contribution in [0.4, 0.5) is 10.2 Å². The maximum Gasteiger partial charge on any atom is 0.325 e. The minimum atomic E-state index is -0.840. The number of aromatic amines is 2. The number of carbonyl (C=O) groups excluding carboxylic acids is 1. The number of carbonyl (C=O) groups is 1. The van der Waals surface area contributed by atoms with Gasteiger partial charge >= 0.3 is 5.69 Å². The molecule has 0 saturated heterocycles. The molecule has 0 aliphatic rings. The minimum Gasteiger partial charge on any atom is -0.313 e. The van der Waals surface area contributed by atoms with Crippen molar-refractivity contribution in [2.45, 2.75) is 0 Å². The first kappa shape index (κ1) is 11.7. The maximum absolute atomic E-state index is 12.8. The Labute approximate surface area is 98.7 Å². The normalized spacial score (nSPS) is 10.1. The molecule has 0 radical (unpaired) electrons. The second-order valence-corrected chi connectivity index (χ2v) is 3.29. The summed E-state index contributed by atoms with van der Waals surface area (Å²) in [6, 6.07) is 3.83. The number of halogens is 1. The van der Waals surface area contributed by atoms with Gasteiger partial charge < -0.3 is 10.3 Å². The molecule has 0 saturated carbocycles. The van der Waals surface area contributed by atoms with Crippen LogP contribution in [0.1, 0.15) is 10.4 Å². The molecule has 0 aromatic carbocycles. The zero-order valence-electron chi connectivity index (χ0n) is 8.86. The van der Waals surface area contributed by atoms with Crippen LogP contribution in [0, 0.1) is 5.95 Å². The van der Waals surface area contributed by atoms with Gasteiger partial charge in [-0.15, -0.1) is 0 Å². The topological polar surface area (TPSA) is 108 Å². The lowest BCUT2D eigenvalue weighted by Crippen LogP contribution is -2.29. The van der Waals surface area contributed by atoms with E-state index in [2.05, 4.69) is 15.3 Å². The second-order valence-electron chi connectivity index (χ2n) is 3.29. The lowest BCUT2D eigenvalue weighted by molar-refractivity contribution is 0.102. The van der Waals surface area contributed by atoms with Gasteiger partial charge in [0.1, 0.15) is 11.4 Å². The number of amides is 1. The molecule has 1 amide bonds. The molecule has 0 spiro atoms. The first-order valence-corrected chi connectivity index (χ1v) is 4.82. The standard InChI is InChI=1S/C10H7FN4O3/c11-6-2-1-3-7(13-6)14-8(16)5-4-12-10(18)15-9(5)17/h1-4H,(H,13,14,16)(H2,12,15,17,18). The number of nitrogens with one attached hydrogen (secondary N) is 3. The fourth-order valence-electron chi connectivity index (χ4n) is 1.24. The average molecular weight is 250 g/mol. The van der Waals surface area contributed by atoms with Crippen molar-refractivity contribution in [3.8, 4) is 0 Å². The fraction of sp³-hybridized carbons (Fsp3) is 0. The van der Waals surface area contributed by atoms with Crippen LogP contribution in [-0.4, -0.2) is 20.9 Å². The molecule has 18 heavy (non-hydrogen) atoms. The van der Waals surface area contributed by atoms with Crippen LogP contribution in [0.5, 0.6) is 0 Å². The quantitative estimate of drug-likeness (QED) is 0.644. The first-order valence-electron chi connectivity index (χ1n) is 4.82. The molecule has 92 valence electrons. The van der Waals surface area contributed by atoms with Gasteiger partial charge in [-0.1, -0.05) is 6.07 Å². The summed E-state index contributed by atoms with van der Waals surface area (Å²) < 4.78 is 12.8. The number of hydrogen-bond donors (Lipinski definition) is 3. The van der Waals surface area contributed by atoms with Crippen molar-refractivity contribution in [3.05, 3.63) is 56.7 Å². The van der Waals surface area contributed by atoms with Crippen LogP contribution in [0.2, 0.25) is 0 Å². The summed E-state index contributed by atoms with van der Waals surface area (Å²) in [5, 5.41) is 2.23. The van der Waals surface area contributed by atoms with Crippen LogP contribution in [0.25, 0.3) is 0 Å². The van der Waals surface area contributed by atoms with Gasteiger partial charge in [-0.05, 0) is 12.1 Å². The Balaban J connectivity index is 2.27. The van der Waals surface area contributed by atoms with E-state index in [4.69, 9.17) is 0 Å². The monoisotopic (exact) mass is 250 g/mol. The summed E-state index contributed by atoms with van der Waals surface area (Å²) >= 11 is 0. The highest BCUT2D eigenvalue weighted by molar-refractivity contribution is 6.03. The Kier molecular flexibility index (Phi) is 3.00. The van der Waals surface area contributed by atoms with Gasteiger partial charge in [-0.2, -0.15) is 4.39 Å². The van der Waals surface area contributed by atoms with Gasteiger partial charge in [0.05, 0.1) is 0 Å². The molecular formula is C10H7FN4O3. The molecule has 0 unspecified atom stereocenters. The molecule has 7 nitrogen and oxygen atoms in total. The van der Waals surface area contributed by atoms with E-state index in [0.717, 1.165) is 12.3 Å². The number of H-pyrrole nitrogens is 2. The molecule has 2 aromatic heterocycles. The smallest absolute Gasteiger partial charge is 0.313 e. The Bertz CT molecular complexity index is 707. The number of aromatic nitrogens is 3. The highest BCUT2D eigenvalue weighted by Crippen LogP contribution is 2.04. The van der Waals surface area contributed by atoms with E-state index < -0.39 is 23.1 Å². The van der Waals surface area contributed by atoms with Crippen molar-refractivity contribution in [2.75, 3.05) is 5.32 Å². The summed E-state index contributed by atoms with van der Waals surface area (Å²) in [6.45, 7) is 0. The molecule has 8 heteroatoms. The fourth-order valence-corrected chi connectivity index (χ4v) is 1.24. The second kappa shape index (κ2) is 4.62. The molecule has 2 heterocycles. The lowest BCUT2D eigenvalue weighted by atomic mass is 10.3. The summed E-state index contributed by atoms with van der Waals surface area (Å²) in [5.41, 5.74) is -1.87. The highest BCUT2D eigenvalue weighted by Gasteiger charge is 2.11. The molecule has 2 aromatic rings. The third-order valence-electron chi connectivity index (χ3n) is 2.02. The van der Waals surface area contributed by atoms with Crippen molar-refractivity contribution < 1.29 is 9.18 Å². The van der Waals surface area contributed by atoms with Crippen LogP contribution in [0.3, 0.4) is 0 Å². The van der Waals surface area contributed by atoms with Crippen LogP contribution in [-0.2, 0) is 0 Å². The van der Waals surface area contributed by atoms with Gasteiger partial charge in [-0.3, -0.25) is 14.6 Å². The average Bonchev–Trinajstić information content (AvgIpc) is 2.28. The van der Waals surface area contributed by atoms with Crippen molar-refractivity contribution >= 4 is 11.7 Å². The zero-order valence-corrected chi connectivity index (χ0v) is 8.86. The molecule has 0 bridgehead atoms. The number of pyridine rings is 1. The molecule has 0 atom stereocenters. The van der Waals surface area contributed by atoms with E-state index in [-0.39, 0.29) is 11.4 Å². The number of rotatable bonds is 2. The number of hydrogen-bond acceptors (Lipinski definition) is 4. The Hall–Kier alpha value is -2.77. The zero-order chi connectivity index (χ0) is 13.1. The predicted octanol–water partition coefficient (Wildman–Crippen LogP) is -0.150. The van der Waals surface area contributed by atoms with Crippen LogP contribution < -0.4 is 16.6 Å². The highest BCUT2D eigenvalue weighted by atomic mass is 19.1. The maximum atomic E-state index is 12.8. The molecule has 3 N–H and O–H groups in total. The number of nitrogens with zero attached hydrogens (tertiary/aromatic N) is 1. The van der Waals surface area contributed by atoms with E-state index >= 15 is 0 Å². The first-order chi connectivity index (χ1) is 8.56. The minimum absolute atomic E-state index is 0.0365.